The van der Waals surface area contributed by atoms with Crippen molar-refractivity contribution in [2.45, 2.75) is 45.1 Å². The van der Waals surface area contributed by atoms with Crippen LogP contribution in [-0.4, -0.2) is 77.6 Å². The molecule has 2 heterocycles. The summed E-state index contributed by atoms with van der Waals surface area (Å²) in [5.41, 5.74) is 2.06. The minimum atomic E-state index is -0.578. The Bertz CT molecular complexity index is 792. The van der Waals surface area contributed by atoms with Crippen LogP contribution in [0.25, 0.3) is 0 Å². The molecule has 2 aromatic rings. The second-order valence-corrected chi connectivity index (χ2v) is 8.97. The molecule has 166 valence electrons. The molecule has 1 aliphatic rings. The molecule has 1 aromatic carbocycles. The Kier molecular flexibility index (Phi) is 8.47. The van der Waals surface area contributed by atoms with Crippen LogP contribution in [0.3, 0.4) is 0 Å². The minimum absolute atomic E-state index is 0.207. The highest BCUT2D eigenvalue weighted by Crippen LogP contribution is 2.26. The highest BCUT2D eigenvalue weighted by atomic mass is 32.1. The van der Waals surface area contributed by atoms with Crippen LogP contribution in [0.15, 0.2) is 23.6 Å². The second-order valence-electron chi connectivity index (χ2n) is 8.03. The summed E-state index contributed by atoms with van der Waals surface area (Å²) in [4.78, 5) is 8.91. The lowest BCUT2D eigenvalue weighted by Crippen LogP contribution is -2.41. The Balaban J connectivity index is 1.57. The van der Waals surface area contributed by atoms with Crippen molar-refractivity contribution in [3.05, 3.63) is 39.8 Å². The highest BCUT2D eigenvalue weighted by Gasteiger charge is 2.20. The molecule has 1 aromatic heterocycles. The van der Waals surface area contributed by atoms with Crippen molar-refractivity contribution in [1.29, 1.82) is 0 Å². The van der Waals surface area contributed by atoms with Gasteiger partial charge in [0, 0.05) is 42.8 Å². The first-order valence-corrected chi connectivity index (χ1v) is 11.3. The molecule has 2 N–H and O–H groups in total. The maximum atomic E-state index is 10.4. The van der Waals surface area contributed by atoms with Gasteiger partial charge in [0.1, 0.15) is 29.2 Å². The van der Waals surface area contributed by atoms with Gasteiger partial charge < -0.3 is 24.6 Å². The molecule has 0 unspecified atom stereocenters. The summed E-state index contributed by atoms with van der Waals surface area (Å²) < 4.78 is 11.4. The number of hydrogen-bond donors (Lipinski definition) is 2. The van der Waals surface area contributed by atoms with E-state index >= 15 is 0 Å². The standard InChI is InChI=1S/C22H33N3O4S/c1-16-15-30-22(23-16)13-24(2)11-17-10-20(28-3)4-5-21(17)29-14-19(27)12-25-8-6-18(26)7-9-25/h4-5,10,15,18-19,26-27H,6-9,11-14H2,1-3H3/t19-/m1/s1. The smallest absolute Gasteiger partial charge is 0.124 e. The number of piperidine rings is 1. The van der Waals surface area contributed by atoms with Crippen molar-refractivity contribution in [2.24, 2.45) is 0 Å². The number of aromatic nitrogens is 1. The zero-order chi connectivity index (χ0) is 21.5. The summed E-state index contributed by atoms with van der Waals surface area (Å²) in [6.45, 7) is 5.87. The van der Waals surface area contributed by atoms with E-state index in [1.165, 1.54) is 0 Å². The number of rotatable bonds is 10. The van der Waals surface area contributed by atoms with E-state index in [1.54, 1.807) is 18.4 Å². The fraction of sp³-hybridized carbons (Fsp3) is 0.591. The molecule has 1 saturated heterocycles. The molecule has 0 saturated carbocycles. The quantitative estimate of drug-likeness (QED) is 0.593. The van der Waals surface area contributed by atoms with Crippen molar-refractivity contribution in [3.8, 4) is 11.5 Å². The van der Waals surface area contributed by atoms with Crippen molar-refractivity contribution in [1.82, 2.24) is 14.8 Å². The lowest BCUT2D eigenvalue weighted by atomic mass is 10.1. The molecule has 0 bridgehead atoms. The van der Waals surface area contributed by atoms with Gasteiger partial charge in [0.2, 0.25) is 0 Å². The van der Waals surface area contributed by atoms with E-state index in [4.69, 9.17) is 9.47 Å². The Labute approximate surface area is 182 Å². The summed E-state index contributed by atoms with van der Waals surface area (Å²) in [5.74, 6) is 1.54. The van der Waals surface area contributed by atoms with Crippen LogP contribution in [0, 0.1) is 6.92 Å². The van der Waals surface area contributed by atoms with Crippen molar-refractivity contribution >= 4 is 11.3 Å². The molecular formula is C22H33N3O4S. The fourth-order valence-corrected chi connectivity index (χ4v) is 4.49. The van der Waals surface area contributed by atoms with Gasteiger partial charge in [0.15, 0.2) is 0 Å². The summed E-state index contributed by atoms with van der Waals surface area (Å²) >= 11 is 1.67. The third-order valence-electron chi connectivity index (χ3n) is 5.24. The maximum absolute atomic E-state index is 10.4. The van der Waals surface area contributed by atoms with E-state index < -0.39 is 6.10 Å². The Morgan fingerprint density at radius 3 is 2.73 bits per heavy atom. The minimum Gasteiger partial charge on any atom is -0.497 e. The molecule has 0 spiro atoms. The number of methoxy groups -OCH3 is 1. The van der Waals surface area contributed by atoms with Crippen LogP contribution in [0.1, 0.15) is 29.1 Å². The number of benzene rings is 1. The van der Waals surface area contributed by atoms with Gasteiger partial charge in [-0.25, -0.2) is 4.98 Å². The van der Waals surface area contributed by atoms with E-state index in [0.717, 1.165) is 60.2 Å². The first-order valence-electron chi connectivity index (χ1n) is 10.4. The second kappa shape index (κ2) is 11.1. The van der Waals surface area contributed by atoms with Crippen LogP contribution in [0.2, 0.25) is 0 Å². The summed E-state index contributed by atoms with van der Waals surface area (Å²) in [7, 11) is 3.71. The number of likely N-dealkylation sites (tertiary alicyclic amines) is 1. The molecule has 3 rings (SSSR count). The zero-order valence-corrected chi connectivity index (χ0v) is 18.9. The highest BCUT2D eigenvalue weighted by molar-refractivity contribution is 7.09. The van der Waals surface area contributed by atoms with E-state index in [0.29, 0.717) is 13.1 Å². The normalized spacial score (nSPS) is 16.7. The molecule has 1 aliphatic heterocycles. The number of ether oxygens (including phenoxy) is 2. The first kappa shape index (κ1) is 23.0. The van der Waals surface area contributed by atoms with Gasteiger partial charge in [-0.2, -0.15) is 0 Å². The predicted molar refractivity (Wildman–Crippen MR) is 118 cm³/mol. The number of aryl methyl sites for hydroxylation is 1. The number of aliphatic hydroxyl groups is 2. The SMILES string of the molecule is COc1ccc(OC[C@H](O)CN2CCC(O)CC2)c(CN(C)Cc2nc(C)cs2)c1. The van der Waals surface area contributed by atoms with Gasteiger partial charge in [-0.15, -0.1) is 11.3 Å². The van der Waals surface area contributed by atoms with Crippen molar-refractivity contribution in [3.63, 3.8) is 0 Å². The topological polar surface area (TPSA) is 78.3 Å². The molecular weight excluding hydrogens is 402 g/mol. The largest absolute Gasteiger partial charge is 0.497 e. The molecule has 7 nitrogen and oxygen atoms in total. The number of hydrogen-bond acceptors (Lipinski definition) is 8. The Morgan fingerprint density at radius 1 is 1.30 bits per heavy atom. The molecule has 0 aliphatic carbocycles. The number of thiazole rings is 1. The average molecular weight is 436 g/mol. The lowest BCUT2D eigenvalue weighted by molar-refractivity contribution is 0.0335. The Hall–Kier alpha value is -1.71. The molecule has 30 heavy (non-hydrogen) atoms. The molecule has 1 atom stereocenters. The lowest BCUT2D eigenvalue weighted by Gasteiger charge is -2.31. The van der Waals surface area contributed by atoms with Crippen LogP contribution in [-0.2, 0) is 13.1 Å². The summed E-state index contributed by atoms with van der Waals surface area (Å²) in [6, 6.07) is 5.76. The third kappa shape index (κ3) is 6.92. The van der Waals surface area contributed by atoms with Gasteiger partial charge >= 0.3 is 0 Å². The zero-order valence-electron chi connectivity index (χ0n) is 18.1. The van der Waals surface area contributed by atoms with E-state index in [-0.39, 0.29) is 12.7 Å². The van der Waals surface area contributed by atoms with Gasteiger partial charge in [-0.1, -0.05) is 0 Å². The van der Waals surface area contributed by atoms with Gasteiger partial charge in [-0.05, 0) is 45.0 Å². The monoisotopic (exact) mass is 435 g/mol. The van der Waals surface area contributed by atoms with E-state index in [2.05, 4.69) is 27.2 Å². The summed E-state index contributed by atoms with van der Waals surface area (Å²) in [6.07, 6.45) is 0.746. The molecule has 0 amide bonds. The number of β-amino-alcohol motifs (C(OH)–C–C–N with tert-alkyl or cyclic N) is 1. The van der Waals surface area contributed by atoms with E-state index in [9.17, 15) is 10.2 Å². The fourth-order valence-electron chi connectivity index (χ4n) is 3.64. The van der Waals surface area contributed by atoms with Crippen molar-refractivity contribution in [2.75, 3.05) is 40.4 Å². The molecule has 8 heteroatoms. The van der Waals surface area contributed by atoms with Crippen LogP contribution >= 0.6 is 11.3 Å². The van der Waals surface area contributed by atoms with Crippen molar-refractivity contribution < 1.29 is 19.7 Å². The summed E-state index contributed by atoms with van der Waals surface area (Å²) in [5, 5.41) is 23.2. The average Bonchev–Trinajstić information content (AvgIpc) is 3.13. The van der Waals surface area contributed by atoms with Gasteiger partial charge in [0.05, 0.1) is 19.8 Å². The van der Waals surface area contributed by atoms with Gasteiger partial charge in [0.25, 0.3) is 0 Å². The Morgan fingerprint density at radius 2 is 2.07 bits per heavy atom. The third-order valence-corrected chi connectivity index (χ3v) is 6.19. The van der Waals surface area contributed by atoms with E-state index in [1.807, 2.05) is 25.1 Å². The maximum Gasteiger partial charge on any atom is 0.124 e. The molecule has 1 fully saturated rings. The first-order chi connectivity index (χ1) is 14.4. The van der Waals surface area contributed by atoms with Crippen LogP contribution in [0.5, 0.6) is 11.5 Å². The van der Waals surface area contributed by atoms with Gasteiger partial charge in [-0.3, -0.25) is 4.90 Å². The predicted octanol–water partition coefficient (Wildman–Crippen LogP) is 2.29. The van der Waals surface area contributed by atoms with Crippen LogP contribution < -0.4 is 9.47 Å². The van der Waals surface area contributed by atoms with Crippen LogP contribution in [0.4, 0.5) is 0 Å². The number of nitrogens with zero attached hydrogens (tertiary/aromatic N) is 3. The number of aliphatic hydroxyl groups excluding tert-OH is 2. The molecule has 0 radical (unpaired) electrons.